The zero-order valence-corrected chi connectivity index (χ0v) is 13.5. The smallest absolute Gasteiger partial charge is 0.221 e. The molecule has 0 aliphatic heterocycles. The van der Waals surface area contributed by atoms with E-state index in [0.717, 1.165) is 33.4 Å². The third-order valence-electron chi connectivity index (χ3n) is 4.13. The Hall–Kier alpha value is -3.47. The summed E-state index contributed by atoms with van der Waals surface area (Å²) in [6.45, 7) is 0. The molecular formula is C20H16N4O. The van der Waals surface area contributed by atoms with Crippen LogP contribution in [0.3, 0.4) is 0 Å². The first-order valence-corrected chi connectivity index (χ1v) is 7.96. The summed E-state index contributed by atoms with van der Waals surface area (Å²) < 4.78 is 2.02. The lowest BCUT2D eigenvalue weighted by atomic mass is 10.1. The maximum Gasteiger partial charge on any atom is 0.221 e. The van der Waals surface area contributed by atoms with Crippen LogP contribution in [0, 0.1) is 0 Å². The number of hydrogen-bond acceptors (Lipinski definition) is 3. The third-order valence-corrected chi connectivity index (χ3v) is 4.13. The number of nitrogens with zero attached hydrogens (tertiary/aromatic N) is 3. The Morgan fingerprint density at radius 3 is 2.60 bits per heavy atom. The molecule has 0 bridgehead atoms. The molecule has 0 saturated heterocycles. The molecule has 5 nitrogen and oxygen atoms in total. The molecule has 0 atom stereocenters. The van der Waals surface area contributed by atoms with Gasteiger partial charge in [-0.05, 0) is 41.5 Å². The minimum absolute atomic E-state index is 0.249. The highest BCUT2D eigenvalue weighted by molar-refractivity contribution is 5.83. The van der Waals surface area contributed by atoms with Gasteiger partial charge in [0.2, 0.25) is 5.91 Å². The molecule has 2 heterocycles. The fourth-order valence-electron chi connectivity index (χ4n) is 2.91. The van der Waals surface area contributed by atoms with Gasteiger partial charge in [0.05, 0.1) is 17.5 Å². The van der Waals surface area contributed by atoms with E-state index in [0.29, 0.717) is 0 Å². The van der Waals surface area contributed by atoms with Crippen LogP contribution in [0.2, 0.25) is 0 Å². The van der Waals surface area contributed by atoms with Crippen molar-refractivity contribution in [3.8, 4) is 16.8 Å². The Kier molecular flexibility index (Phi) is 3.74. The second-order valence-corrected chi connectivity index (χ2v) is 5.87. The number of carbonyl (C=O) groups excluding carboxylic acids is 1. The van der Waals surface area contributed by atoms with Crippen LogP contribution in [0.25, 0.3) is 27.8 Å². The highest BCUT2D eigenvalue weighted by Gasteiger charge is 2.07. The zero-order chi connectivity index (χ0) is 17.2. The molecule has 122 valence electrons. The van der Waals surface area contributed by atoms with Crippen LogP contribution >= 0.6 is 0 Å². The first kappa shape index (κ1) is 15.1. The molecule has 4 aromatic rings. The summed E-state index contributed by atoms with van der Waals surface area (Å²) in [5.41, 5.74) is 11.2. The van der Waals surface area contributed by atoms with Crippen molar-refractivity contribution in [1.82, 2.24) is 14.5 Å². The molecule has 1 amide bonds. The molecule has 2 N–H and O–H groups in total. The minimum atomic E-state index is -0.330. The van der Waals surface area contributed by atoms with Gasteiger partial charge >= 0.3 is 0 Å². The van der Waals surface area contributed by atoms with Gasteiger partial charge in [-0.25, -0.2) is 4.98 Å². The molecule has 4 rings (SSSR count). The Labute approximate surface area is 144 Å². The van der Waals surface area contributed by atoms with Gasteiger partial charge < -0.3 is 5.73 Å². The lowest BCUT2D eigenvalue weighted by Crippen LogP contribution is -2.13. The number of hydrogen-bond donors (Lipinski definition) is 1. The summed E-state index contributed by atoms with van der Waals surface area (Å²) in [5.74, 6) is -0.330. The van der Waals surface area contributed by atoms with Gasteiger partial charge in [-0.1, -0.05) is 24.3 Å². The minimum Gasteiger partial charge on any atom is -0.369 e. The molecule has 0 aliphatic rings. The maximum atomic E-state index is 11.0. The standard InChI is InChI=1S/C20H16N4O/c21-20(25)10-14-3-6-17(7-4-14)24-13-23-18-11-15(5-8-19(18)24)16-2-1-9-22-12-16/h1-9,11-13H,10H2,(H2,21,25). The molecular weight excluding hydrogens is 312 g/mol. The van der Waals surface area contributed by atoms with Crippen LogP contribution in [0.15, 0.2) is 73.3 Å². The first-order chi connectivity index (χ1) is 12.2. The van der Waals surface area contributed by atoms with Crippen LogP contribution in [0.1, 0.15) is 5.56 Å². The Balaban J connectivity index is 1.70. The SMILES string of the molecule is NC(=O)Cc1ccc(-n2cnc3cc(-c4cccnc4)ccc32)cc1. The van der Waals surface area contributed by atoms with Crippen LogP contribution in [-0.4, -0.2) is 20.4 Å². The molecule has 0 saturated carbocycles. The average Bonchev–Trinajstić information content (AvgIpc) is 3.06. The molecule has 0 spiro atoms. The Bertz CT molecular complexity index is 1040. The number of fused-ring (bicyclic) bond motifs is 1. The lowest BCUT2D eigenvalue weighted by molar-refractivity contribution is -0.117. The summed E-state index contributed by atoms with van der Waals surface area (Å²) in [6.07, 6.45) is 5.66. The average molecular weight is 328 g/mol. The fourth-order valence-corrected chi connectivity index (χ4v) is 2.91. The molecule has 2 aromatic heterocycles. The number of carbonyl (C=O) groups is 1. The Morgan fingerprint density at radius 1 is 1.04 bits per heavy atom. The van der Waals surface area contributed by atoms with Crippen molar-refractivity contribution < 1.29 is 4.79 Å². The first-order valence-electron chi connectivity index (χ1n) is 7.96. The quantitative estimate of drug-likeness (QED) is 0.625. The second-order valence-electron chi connectivity index (χ2n) is 5.87. The number of rotatable bonds is 4. The number of benzene rings is 2. The van der Waals surface area contributed by atoms with Gasteiger partial charge in [0.15, 0.2) is 0 Å². The van der Waals surface area contributed by atoms with Crippen LogP contribution in [0.5, 0.6) is 0 Å². The highest BCUT2D eigenvalue weighted by atomic mass is 16.1. The second kappa shape index (κ2) is 6.20. The number of nitrogens with two attached hydrogens (primary N) is 1. The molecule has 0 fully saturated rings. The topological polar surface area (TPSA) is 73.8 Å². The number of pyridine rings is 1. The van der Waals surface area contributed by atoms with Gasteiger partial charge in [-0.3, -0.25) is 14.3 Å². The largest absolute Gasteiger partial charge is 0.369 e. The van der Waals surface area contributed by atoms with Gasteiger partial charge in [-0.2, -0.15) is 0 Å². The van der Waals surface area contributed by atoms with Gasteiger partial charge in [0, 0.05) is 23.6 Å². The highest BCUT2D eigenvalue weighted by Crippen LogP contribution is 2.25. The van der Waals surface area contributed by atoms with Gasteiger partial charge in [0.25, 0.3) is 0 Å². The summed E-state index contributed by atoms with van der Waals surface area (Å²) in [4.78, 5) is 19.7. The Morgan fingerprint density at radius 2 is 1.88 bits per heavy atom. The lowest BCUT2D eigenvalue weighted by Gasteiger charge is -2.06. The van der Waals surface area contributed by atoms with Crippen molar-refractivity contribution in [2.45, 2.75) is 6.42 Å². The van der Waals surface area contributed by atoms with Crippen molar-refractivity contribution in [2.75, 3.05) is 0 Å². The molecule has 5 heteroatoms. The fraction of sp³-hybridized carbons (Fsp3) is 0.0500. The normalized spacial score (nSPS) is 10.9. The van der Waals surface area contributed by atoms with Crippen molar-refractivity contribution in [2.24, 2.45) is 5.73 Å². The van der Waals surface area contributed by atoms with Crippen molar-refractivity contribution in [3.05, 3.63) is 78.9 Å². The summed E-state index contributed by atoms with van der Waals surface area (Å²) in [5, 5.41) is 0. The maximum absolute atomic E-state index is 11.0. The molecule has 0 radical (unpaired) electrons. The van der Waals surface area contributed by atoms with Gasteiger partial charge in [0.1, 0.15) is 6.33 Å². The number of primary amides is 1. The van der Waals surface area contributed by atoms with Crippen molar-refractivity contribution in [1.29, 1.82) is 0 Å². The third kappa shape index (κ3) is 2.99. The van der Waals surface area contributed by atoms with E-state index in [2.05, 4.69) is 28.2 Å². The predicted octanol–water partition coefficient (Wildman–Crippen LogP) is 3.12. The van der Waals surface area contributed by atoms with E-state index in [1.165, 1.54) is 0 Å². The summed E-state index contributed by atoms with van der Waals surface area (Å²) in [6, 6.07) is 17.9. The number of aromatic nitrogens is 3. The predicted molar refractivity (Wildman–Crippen MR) is 97.2 cm³/mol. The molecule has 25 heavy (non-hydrogen) atoms. The van der Waals surface area contributed by atoms with E-state index < -0.39 is 0 Å². The molecule has 2 aromatic carbocycles. The van der Waals surface area contributed by atoms with Crippen LogP contribution in [-0.2, 0) is 11.2 Å². The van der Waals surface area contributed by atoms with E-state index in [9.17, 15) is 4.79 Å². The summed E-state index contributed by atoms with van der Waals surface area (Å²) >= 11 is 0. The zero-order valence-electron chi connectivity index (χ0n) is 13.5. The monoisotopic (exact) mass is 328 g/mol. The van der Waals surface area contributed by atoms with E-state index >= 15 is 0 Å². The van der Waals surface area contributed by atoms with E-state index in [4.69, 9.17) is 5.73 Å². The molecule has 0 aliphatic carbocycles. The van der Waals surface area contributed by atoms with Crippen LogP contribution < -0.4 is 5.73 Å². The molecule has 0 unspecified atom stereocenters. The van der Waals surface area contributed by atoms with E-state index in [1.54, 1.807) is 12.5 Å². The van der Waals surface area contributed by atoms with Crippen molar-refractivity contribution in [3.63, 3.8) is 0 Å². The van der Waals surface area contributed by atoms with Crippen molar-refractivity contribution >= 4 is 16.9 Å². The van der Waals surface area contributed by atoms with Crippen LogP contribution in [0.4, 0.5) is 0 Å². The van der Waals surface area contributed by atoms with E-state index in [-0.39, 0.29) is 12.3 Å². The number of imidazole rings is 1. The van der Waals surface area contributed by atoms with E-state index in [1.807, 2.05) is 47.2 Å². The number of amides is 1. The summed E-state index contributed by atoms with van der Waals surface area (Å²) in [7, 11) is 0. The van der Waals surface area contributed by atoms with Gasteiger partial charge in [-0.15, -0.1) is 0 Å².